The average molecular weight is 425 g/mol. The Morgan fingerprint density at radius 2 is 1.87 bits per heavy atom. The van der Waals surface area contributed by atoms with E-state index in [1.54, 1.807) is 41.3 Å². The van der Waals surface area contributed by atoms with Gasteiger partial charge in [0.05, 0.1) is 24.4 Å². The molecular weight excluding hydrogens is 398 g/mol. The molecule has 1 atom stereocenters. The van der Waals surface area contributed by atoms with Crippen LogP contribution in [-0.2, 0) is 9.59 Å². The molecule has 2 N–H and O–H groups in total. The van der Waals surface area contributed by atoms with Crippen molar-refractivity contribution >= 4 is 23.4 Å². The van der Waals surface area contributed by atoms with E-state index >= 15 is 0 Å². The van der Waals surface area contributed by atoms with E-state index in [4.69, 9.17) is 9.47 Å². The molecule has 2 aromatic carbocycles. The van der Waals surface area contributed by atoms with Crippen molar-refractivity contribution in [1.82, 2.24) is 10.6 Å². The molecule has 164 valence electrons. The molecule has 1 aliphatic rings. The normalized spacial score (nSPS) is 14.8. The van der Waals surface area contributed by atoms with E-state index in [0.717, 1.165) is 0 Å². The summed E-state index contributed by atoms with van der Waals surface area (Å²) in [6, 6.07) is 14.2. The molecule has 0 aliphatic carbocycles. The summed E-state index contributed by atoms with van der Waals surface area (Å²) in [6.07, 6.45) is -0.0769. The molecule has 1 heterocycles. The summed E-state index contributed by atoms with van der Waals surface area (Å²) in [5.41, 5.74) is 1.11. The van der Waals surface area contributed by atoms with Crippen LogP contribution < -0.4 is 25.0 Å². The SMILES string of the molecule is CCOc1ccccc1C(=O)NCCCC(=O)N1CC(C(=O)NC)Oc2ccccc21. The Kier molecular flexibility index (Phi) is 7.48. The second-order valence-electron chi connectivity index (χ2n) is 6.98. The summed E-state index contributed by atoms with van der Waals surface area (Å²) in [7, 11) is 1.53. The van der Waals surface area contributed by atoms with Crippen LogP contribution in [0, 0.1) is 0 Å². The van der Waals surface area contributed by atoms with Gasteiger partial charge in [0.25, 0.3) is 11.8 Å². The van der Waals surface area contributed by atoms with Gasteiger partial charge in [-0.15, -0.1) is 0 Å². The van der Waals surface area contributed by atoms with Crippen molar-refractivity contribution in [3.63, 3.8) is 0 Å². The molecule has 1 unspecified atom stereocenters. The highest BCUT2D eigenvalue weighted by Crippen LogP contribution is 2.33. The molecule has 0 fully saturated rings. The molecule has 3 amide bonds. The Bertz CT molecular complexity index is 946. The molecule has 0 bridgehead atoms. The van der Waals surface area contributed by atoms with Crippen LogP contribution in [0.5, 0.6) is 11.5 Å². The summed E-state index contributed by atoms with van der Waals surface area (Å²) >= 11 is 0. The fraction of sp³-hybridized carbons (Fsp3) is 0.348. The minimum absolute atomic E-state index is 0.131. The number of ether oxygens (including phenoxy) is 2. The molecule has 0 aromatic heterocycles. The number of rotatable bonds is 8. The highest BCUT2D eigenvalue weighted by atomic mass is 16.5. The minimum atomic E-state index is -0.765. The van der Waals surface area contributed by atoms with Crippen molar-refractivity contribution in [3.05, 3.63) is 54.1 Å². The van der Waals surface area contributed by atoms with Gasteiger partial charge in [0.2, 0.25) is 5.91 Å². The van der Waals surface area contributed by atoms with E-state index in [1.165, 1.54) is 7.05 Å². The lowest BCUT2D eigenvalue weighted by Gasteiger charge is -2.34. The average Bonchev–Trinajstić information content (AvgIpc) is 2.80. The molecular formula is C23H27N3O5. The van der Waals surface area contributed by atoms with Crippen LogP contribution in [0.25, 0.3) is 0 Å². The topological polar surface area (TPSA) is 97.0 Å². The first kappa shape index (κ1) is 22.1. The first-order valence-electron chi connectivity index (χ1n) is 10.3. The monoisotopic (exact) mass is 425 g/mol. The molecule has 0 spiro atoms. The molecule has 0 radical (unpaired) electrons. The molecule has 1 aliphatic heterocycles. The van der Waals surface area contributed by atoms with Crippen LogP contribution in [-0.4, -0.2) is 50.6 Å². The number of amides is 3. The Hall–Kier alpha value is -3.55. The number of likely N-dealkylation sites (N-methyl/N-ethyl adjacent to an activating group) is 1. The first-order valence-corrected chi connectivity index (χ1v) is 10.3. The van der Waals surface area contributed by atoms with Crippen molar-refractivity contribution < 1.29 is 23.9 Å². The first-order chi connectivity index (χ1) is 15.0. The lowest BCUT2D eigenvalue weighted by molar-refractivity contribution is -0.128. The molecule has 0 saturated heterocycles. The predicted octanol–water partition coefficient (Wildman–Crippen LogP) is 2.14. The van der Waals surface area contributed by atoms with Gasteiger partial charge in [0.1, 0.15) is 11.5 Å². The van der Waals surface area contributed by atoms with E-state index in [-0.39, 0.29) is 30.7 Å². The fourth-order valence-corrected chi connectivity index (χ4v) is 3.38. The van der Waals surface area contributed by atoms with Crippen molar-refractivity contribution in [2.45, 2.75) is 25.9 Å². The third-order valence-corrected chi connectivity index (χ3v) is 4.90. The number of carbonyl (C=O) groups is 3. The Morgan fingerprint density at radius 3 is 2.65 bits per heavy atom. The zero-order chi connectivity index (χ0) is 22.2. The van der Waals surface area contributed by atoms with E-state index < -0.39 is 6.10 Å². The zero-order valence-corrected chi connectivity index (χ0v) is 17.7. The van der Waals surface area contributed by atoms with Gasteiger partial charge >= 0.3 is 0 Å². The summed E-state index contributed by atoms with van der Waals surface area (Å²) < 4.78 is 11.2. The number of benzene rings is 2. The molecule has 8 nitrogen and oxygen atoms in total. The van der Waals surface area contributed by atoms with Crippen molar-refractivity contribution in [2.24, 2.45) is 0 Å². The second kappa shape index (κ2) is 10.5. The number of anilines is 1. The van der Waals surface area contributed by atoms with Gasteiger partial charge < -0.3 is 25.0 Å². The van der Waals surface area contributed by atoms with Gasteiger partial charge in [-0.1, -0.05) is 24.3 Å². The second-order valence-corrected chi connectivity index (χ2v) is 6.98. The lowest BCUT2D eigenvalue weighted by Crippen LogP contribution is -2.50. The summed E-state index contributed by atoms with van der Waals surface area (Å²) in [5, 5.41) is 5.39. The maximum Gasteiger partial charge on any atom is 0.262 e. The van der Waals surface area contributed by atoms with Crippen LogP contribution in [0.2, 0.25) is 0 Å². The number of hydrogen-bond donors (Lipinski definition) is 2. The maximum absolute atomic E-state index is 12.9. The van der Waals surface area contributed by atoms with Gasteiger partial charge in [0.15, 0.2) is 6.10 Å². The smallest absolute Gasteiger partial charge is 0.262 e. The maximum atomic E-state index is 12.9. The van der Waals surface area contributed by atoms with E-state index in [2.05, 4.69) is 10.6 Å². The molecule has 31 heavy (non-hydrogen) atoms. The fourth-order valence-electron chi connectivity index (χ4n) is 3.38. The van der Waals surface area contributed by atoms with Crippen LogP contribution in [0.4, 0.5) is 5.69 Å². The Morgan fingerprint density at radius 1 is 1.13 bits per heavy atom. The summed E-state index contributed by atoms with van der Waals surface area (Å²) in [6.45, 7) is 2.81. The third-order valence-electron chi connectivity index (χ3n) is 4.90. The summed E-state index contributed by atoms with van der Waals surface area (Å²) in [5.74, 6) is 0.370. The highest BCUT2D eigenvalue weighted by Gasteiger charge is 2.32. The Labute approximate surface area is 181 Å². The lowest BCUT2D eigenvalue weighted by atomic mass is 10.1. The molecule has 0 saturated carbocycles. The largest absolute Gasteiger partial charge is 0.493 e. The zero-order valence-electron chi connectivity index (χ0n) is 17.7. The molecule has 2 aromatic rings. The number of nitrogens with one attached hydrogen (secondary N) is 2. The standard InChI is InChI=1S/C23H27N3O5/c1-3-30-18-11-6-4-9-16(18)22(28)25-14-8-13-21(27)26-15-20(23(29)24-2)31-19-12-7-5-10-17(19)26/h4-7,9-12,20H,3,8,13-15H2,1-2H3,(H,24,29)(H,25,28). The van der Waals surface area contributed by atoms with Gasteiger partial charge in [-0.25, -0.2) is 0 Å². The van der Waals surface area contributed by atoms with Gasteiger partial charge in [0, 0.05) is 20.0 Å². The van der Waals surface area contributed by atoms with Gasteiger partial charge in [-0.05, 0) is 37.6 Å². The highest BCUT2D eigenvalue weighted by molar-refractivity contribution is 5.98. The van der Waals surface area contributed by atoms with Gasteiger partial charge in [-0.3, -0.25) is 14.4 Å². The van der Waals surface area contributed by atoms with Crippen molar-refractivity contribution in [1.29, 1.82) is 0 Å². The Balaban J connectivity index is 1.57. The number of hydrogen-bond acceptors (Lipinski definition) is 5. The van der Waals surface area contributed by atoms with Crippen molar-refractivity contribution in [3.8, 4) is 11.5 Å². The van der Waals surface area contributed by atoms with E-state index in [1.807, 2.05) is 19.1 Å². The van der Waals surface area contributed by atoms with Crippen molar-refractivity contribution in [2.75, 3.05) is 31.6 Å². The number of fused-ring (bicyclic) bond motifs is 1. The predicted molar refractivity (Wildman–Crippen MR) is 116 cm³/mol. The minimum Gasteiger partial charge on any atom is -0.493 e. The summed E-state index contributed by atoms with van der Waals surface area (Å²) in [4.78, 5) is 39.0. The molecule has 8 heteroatoms. The number of para-hydroxylation sites is 3. The molecule has 3 rings (SSSR count). The number of carbonyl (C=O) groups excluding carboxylic acids is 3. The van der Waals surface area contributed by atoms with Crippen LogP contribution >= 0.6 is 0 Å². The van der Waals surface area contributed by atoms with Crippen LogP contribution in [0.15, 0.2) is 48.5 Å². The van der Waals surface area contributed by atoms with E-state index in [0.29, 0.717) is 42.3 Å². The van der Waals surface area contributed by atoms with E-state index in [9.17, 15) is 14.4 Å². The van der Waals surface area contributed by atoms with Crippen LogP contribution in [0.3, 0.4) is 0 Å². The van der Waals surface area contributed by atoms with Gasteiger partial charge in [-0.2, -0.15) is 0 Å². The van der Waals surface area contributed by atoms with Crippen LogP contribution in [0.1, 0.15) is 30.1 Å². The third kappa shape index (κ3) is 5.33. The quantitative estimate of drug-likeness (QED) is 0.632. The number of nitrogens with zero attached hydrogens (tertiary/aromatic N) is 1.